The summed E-state index contributed by atoms with van der Waals surface area (Å²) >= 11 is 0. The van der Waals surface area contributed by atoms with Crippen molar-refractivity contribution in [2.45, 2.75) is 31.7 Å². The van der Waals surface area contributed by atoms with E-state index in [0.717, 1.165) is 18.9 Å². The first kappa shape index (κ1) is 11.9. The minimum absolute atomic E-state index is 0.151. The van der Waals surface area contributed by atoms with Crippen LogP contribution in [0.2, 0.25) is 0 Å². The van der Waals surface area contributed by atoms with Gasteiger partial charge in [-0.1, -0.05) is 0 Å². The maximum atomic E-state index is 11.4. The summed E-state index contributed by atoms with van der Waals surface area (Å²) in [5, 5.41) is 6.21. The van der Waals surface area contributed by atoms with Crippen LogP contribution in [-0.4, -0.2) is 50.1 Å². The Hall–Kier alpha value is -0.610. The maximum absolute atomic E-state index is 11.4. The van der Waals surface area contributed by atoms with Gasteiger partial charge in [-0.3, -0.25) is 4.79 Å². The van der Waals surface area contributed by atoms with Crippen LogP contribution in [0, 0.1) is 5.92 Å². The predicted octanol–water partition coefficient (Wildman–Crippen LogP) is 0.196. The number of rotatable bonds is 6. The van der Waals surface area contributed by atoms with E-state index in [1.807, 2.05) is 0 Å². The Balaban J connectivity index is 1.48. The van der Waals surface area contributed by atoms with Crippen LogP contribution in [0.3, 0.4) is 0 Å². The molecule has 16 heavy (non-hydrogen) atoms. The molecule has 92 valence electrons. The normalized spacial score (nSPS) is 25.9. The predicted molar refractivity (Wildman–Crippen MR) is 64.3 cm³/mol. The molecule has 1 amide bonds. The van der Waals surface area contributed by atoms with Gasteiger partial charge in [-0.25, -0.2) is 0 Å². The number of likely N-dealkylation sites (tertiary alicyclic amines) is 1. The highest BCUT2D eigenvalue weighted by Crippen LogP contribution is 2.18. The molecule has 2 N–H and O–H groups in total. The van der Waals surface area contributed by atoms with E-state index in [1.165, 1.54) is 32.4 Å². The monoisotopic (exact) mass is 225 g/mol. The number of carbonyl (C=O) groups is 1. The number of nitrogens with zero attached hydrogens (tertiary/aromatic N) is 1. The van der Waals surface area contributed by atoms with Gasteiger partial charge < -0.3 is 15.5 Å². The van der Waals surface area contributed by atoms with Gasteiger partial charge in [0.05, 0.1) is 6.54 Å². The van der Waals surface area contributed by atoms with Crippen LogP contribution in [0.1, 0.15) is 25.7 Å². The first-order chi connectivity index (χ1) is 7.74. The highest BCUT2D eigenvalue weighted by Gasteiger charge is 2.21. The number of carbonyl (C=O) groups excluding carboxylic acids is 1. The molecule has 0 aromatic carbocycles. The zero-order chi connectivity index (χ0) is 11.4. The van der Waals surface area contributed by atoms with Gasteiger partial charge in [0.2, 0.25) is 5.91 Å². The van der Waals surface area contributed by atoms with Crippen LogP contribution >= 0.6 is 0 Å². The van der Waals surface area contributed by atoms with Crippen LogP contribution < -0.4 is 10.6 Å². The van der Waals surface area contributed by atoms with Crippen molar-refractivity contribution in [2.75, 3.05) is 33.2 Å². The molecule has 0 aromatic rings. The van der Waals surface area contributed by atoms with Crippen molar-refractivity contribution in [2.24, 2.45) is 5.92 Å². The summed E-state index contributed by atoms with van der Waals surface area (Å²) in [5.41, 5.74) is 0. The molecule has 1 atom stereocenters. The summed E-state index contributed by atoms with van der Waals surface area (Å²) in [6.07, 6.45) is 4.88. The van der Waals surface area contributed by atoms with Gasteiger partial charge in [0.15, 0.2) is 0 Å². The first-order valence-corrected chi connectivity index (χ1v) is 6.42. The Labute approximate surface area is 97.8 Å². The van der Waals surface area contributed by atoms with Crippen molar-refractivity contribution in [1.29, 1.82) is 0 Å². The molecule has 2 aliphatic rings. The lowest BCUT2D eigenvalue weighted by molar-refractivity contribution is -0.120. The fraction of sp³-hybridized carbons (Fsp3) is 0.917. The molecule has 0 aromatic heterocycles. The molecule has 1 saturated carbocycles. The van der Waals surface area contributed by atoms with Gasteiger partial charge in [-0.2, -0.15) is 0 Å². The molecule has 0 radical (unpaired) electrons. The molecule has 0 bridgehead atoms. The summed E-state index contributed by atoms with van der Waals surface area (Å²) in [7, 11) is 2.16. The average molecular weight is 225 g/mol. The quantitative estimate of drug-likeness (QED) is 0.678. The lowest BCUT2D eigenvalue weighted by atomic mass is 10.1. The number of amides is 1. The van der Waals surface area contributed by atoms with Gasteiger partial charge in [-0.15, -0.1) is 0 Å². The van der Waals surface area contributed by atoms with Crippen LogP contribution in [0.15, 0.2) is 0 Å². The van der Waals surface area contributed by atoms with Crippen molar-refractivity contribution in [3.8, 4) is 0 Å². The van der Waals surface area contributed by atoms with Gasteiger partial charge in [0.1, 0.15) is 0 Å². The lowest BCUT2D eigenvalue weighted by Gasteiger charge is -2.11. The summed E-state index contributed by atoms with van der Waals surface area (Å²) in [6, 6.07) is 0.620. The summed E-state index contributed by atoms with van der Waals surface area (Å²) in [6.45, 7) is 3.73. The smallest absolute Gasteiger partial charge is 0.233 e. The molecule has 0 spiro atoms. The molecule has 4 nitrogen and oxygen atoms in total. The van der Waals surface area contributed by atoms with E-state index in [4.69, 9.17) is 0 Å². The zero-order valence-corrected chi connectivity index (χ0v) is 10.2. The van der Waals surface area contributed by atoms with Crippen LogP contribution in [0.25, 0.3) is 0 Å². The Bertz CT molecular complexity index is 240. The van der Waals surface area contributed by atoms with Crippen LogP contribution in [-0.2, 0) is 4.79 Å². The third-order valence-electron chi connectivity index (χ3n) is 3.49. The second-order valence-corrected chi connectivity index (χ2v) is 5.21. The summed E-state index contributed by atoms with van der Waals surface area (Å²) in [5.74, 6) is 0.931. The number of hydrogen-bond acceptors (Lipinski definition) is 3. The number of nitrogens with one attached hydrogen (secondary N) is 2. The Kier molecular flexibility index (Phi) is 4.18. The van der Waals surface area contributed by atoms with Crippen molar-refractivity contribution >= 4 is 5.91 Å². The van der Waals surface area contributed by atoms with Crippen LogP contribution in [0.4, 0.5) is 0 Å². The van der Waals surface area contributed by atoms with Gasteiger partial charge in [0.25, 0.3) is 0 Å². The SMILES string of the molecule is CN1CCC(CCNC(=O)CNC2CC2)C1. The highest BCUT2D eigenvalue weighted by atomic mass is 16.1. The van der Waals surface area contributed by atoms with Crippen molar-refractivity contribution in [3.63, 3.8) is 0 Å². The molecule has 2 fully saturated rings. The molecule has 4 heteroatoms. The average Bonchev–Trinajstić information content (AvgIpc) is 2.99. The zero-order valence-electron chi connectivity index (χ0n) is 10.2. The lowest BCUT2D eigenvalue weighted by Crippen LogP contribution is -2.35. The van der Waals surface area contributed by atoms with E-state index in [0.29, 0.717) is 12.6 Å². The Morgan fingerprint density at radius 2 is 2.19 bits per heavy atom. The topological polar surface area (TPSA) is 44.4 Å². The van der Waals surface area contributed by atoms with Gasteiger partial charge >= 0.3 is 0 Å². The standard InChI is InChI=1S/C12H23N3O/c1-15-7-5-10(9-15)4-6-13-12(16)8-14-11-2-3-11/h10-11,14H,2-9H2,1H3,(H,13,16). The third kappa shape index (κ3) is 4.10. The van der Waals surface area contributed by atoms with E-state index in [-0.39, 0.29) is 5.91 Å². The van der Waals surface area contributed by atoms with Crippen molar-refractivity contribution in [3.05, 3.63) is 0 Å². The molecule has 1 unspecified atom stereocenters. The minimum Gasteiger partial charge on any atom is -0.355 e. The molecular formula is C12H23N3O. The third-order valence-corrected chi connectivity index (χ3v) is 3.49. The van der Waals surface area contributed by atoms with E-state index >= 15 is 0 Å². The highest BCUT2D eigenvalue weighted by molar-refractivity contribution is 5.78. The Morgan fingerprint density at radius 3 is 2.81 bits per heavy atom. The van der Waals surface area contributed by atoms with Gasteiger partial charge in [-0.05, 0) is 45.2 Å². The maximum Gasteiger partial charge on any atom is 0.233 e. The van der Waals surface area contributed by atoms with Crippen molar-refractivity contribution < 1.29 is 4.79 Å². The molecule has 1 heterocycles. The first-order valence-electron chi connectivity index (χ1n) is 6.42. The van der Waals surface area contributed by atoms with E-state index in [2.05, 4.69) is 22.6 Å². The van der Waals surface area contributed by atoms with E-state index in [9.17, 15) is 4.79 Å². The summed E-state index contributed by atoms with van der Waals surface area (Å²) in [4.78, 5) is 13.8. The molecular weight excluding hydrogens is 202 g/mol. The Morgan fingerprint density at radius 1 is 1.38 bits per heavy atom. The van der Waals surface area contributed by atoms with E-state index < -0.39 is 0 Å². The minimum atomic E-state index is 0.151. The largest absolute Gasteiger partial charge is 0.355 e. The summed E-state index contributed by atoms with van der Waals surface area (Å²) < 4.78 is 0. The number of hydrogen-bond donors (Lipinski definition) is 2. The molecule has 1 aliphatic heterocycles. The van der Waals surface area contributed by atoms with Crippen LogP contribution in [0.5, 0.6) is 0 Å². The fourth-order valence-electron chi connectivity index (χ4n) is 2.26. The molecule has 1 aliphatic carbocycles. The van der Waals surface area contributed by atoms with Gasteiger partial charge in [0, 0.05) is 19.1 Å². The van der Waals surface area contributed by atoms with E-state index in [1.54, 1.807) is 0 Å². The second-order valence-electron chi connectivity index (χ2n) is 5.21. The molecule has 1 saturated heterocycles. The molecule has 2 rings (SSSR count). The second kappa shape index (κ2) is 5.64. The fourth-order valence-corrected chi connectivity index (χ4v) is 2.26. The van der Waals surface area contributed by atoms with Crippen molar-refractivity contribution in [1.82, 2.24) is 15.5 Å².